The van der Waals surface area contributed by atoms with Crippen LogP contribution in [0.5, 0.6) is 0 Å². The van der Waals surface area contributed by atoms with Crippen molar-refractivity contribution in [1.82, 2.24) is 10.2 Å². The summed E-state index contributed by atoms with van der Waals surface area (Å²) in [6.45, 7) is 0.519. The molecule has 2 rings (SSSR count). The van der Waals surface area contributed by atoms with Crippen molar-refractivity contribution in [2.45, 2.75) is 18.4 Å². The number of piperazine rings is 1. The van der Waals surface area contributed by atoms with Crippen LogP contribution in [0.15, 0.2) is 18.2 Å². The van der Waals surface area contributed by atoms with Gasteiger partial charge in [0.05, 0.1) is 17.2 Å². The van der Waals surface area contributed by atoms with E-state index < -0.39 is 41.8 Å². The Labute approximate surface area is 128 Å². The van der Waals surface area contributed by atoms with Gasteiger partial charge >= 0.3 is 12.4 Å². The van der Waals surface area contributed by atoms with Crippen LogP contribution in [-0.4, -0.2) is 37.8 Å². The van der Waals surface area contributed by atoms with E-state index in [1.807, 2.05) is 0 Å². The zero-order chi connectivity index (χ0) is 17.3. The van der Waals surface area contributed by atoms with Crippen molar-refractivity contribution >= 4 is 0 Å². The molecule has 0 bridgehead atoms. The molecule has 1 heterocycles. The maximum absolute atomic E-state index is 13.4. The SMILES string of the molecule is FC[C@H](c1ccc(C(F)(F)F)cc1C(F)(F)F)N1CCNCC1. The predicted molar refractivity (Wildman–Crippen MR) is 69.6 cm³/mol. The van der Waals surface area contributed by atoms with E-state index >= 15 is 0 Å². The summed E-state index contributed by atoms with van der Waals surface area (Å²) in [4.78, 5) is 1.51. The molecular weight excluding hydrogens is 329 g/mol. The van der Waals surface area contributed by atoms with Gasteiger partial charge in [-0.15, -0.1) is 0 Å². The van der Waals surface area contributed by atoms with Crippen molar-refractivity contribution < 1.29 is 30.7 Å². The molecule has 130 valence electrons. The highest BCUT2D eigenvalue weighted by Crippen LogP contribution is 2.40. The van der Waals surface area contributed by atoms with Gasteiger partial charge in [0.15, 0.2) is 0 Å². The Morgan fingerprint density at radius 3 is 2.09 bits per heavy atom. The number of hydrogen-bond acceptors (Lipinski definition) is 2. The first kappa shape index (κ1) is 18.0. The first-order valence-electron chi connectivity index (χ1n) is 6.93. The summed E-state index contributed by atoms with van der Waals surface area (Å²) in [6.07, 6.45) is -9.88. The van der Waals surface area contributed by atoms with Gasteiger partial charge in [0, 0.05) is 26.2 Å². The summed E-state index contributed by atoms with van der Waals surface area (Å²) in [5, 5.41) is 2.98. The van der Waals surface area contributed by atoms with Gasteiger partial charge in [-0.05, 0) is 17.7 Å². The maximum Gasteiger partial charge on any atom is 0.416 e. The summed E-state index contributed by atoms with van der Waals surface area (Å²) in [5.74, 6) is 0. The van der Waals surface area contributed by atoms with Crippen molar-refractivity contribution in [2.75, 3.05) is 32.9 Å². The highest BCUT2D eigenvalue weighted by molar-refractivity contribution is 5.37. The van der Waals surface area contributed by atoms with Crippen molar-refractivity contribution in [3.8, 4) is 0 Å². The summed E-state index contributed by atoms with van der Waals surface area (Å²) < 4.78 is 90.9. The zero-order valence-corrected chi connectivity index (χ0v) is 11.9. The van der Waals surface area contributed by atoms with Gasteiger partial charge in [0.25, 0.3) is 0 Å². The molecule has 0 radical (unpaired) electrons. The number of hydrogen-bond donors (Lipinski definition) is 1. The van der Waals surface area contributed by atoms with Gasteiger partial charge < -0.3 is 5.32 Å². The highest BCUT2D eigenvalue weighted by atomic mass is 19.4. The fraction of sp³-hybridized carbons (Fsp3) is 0.571. The number of halogens is 7. The van der Waals surface area contributed by atoms with Crippen LogP contribution in [0.4, 0.5) is 30.7 Å². The molecule has 1 aliphatic heterocycles. The molecule has 0 spiro atoms. The topological polar surface area (TPSA) is 15.3 Å². The Balaban J connectivity index is 2.47. The van der Waals surface area contributed by atoms with Crippen LogP contribution in [0.1, 0.15) is 22.7 Å². The van der Waals surface area contributed by atoms with E-state index in [0.717, 1.165) is 6.07 Å². The second-order valence-corrected chi connectivity index (χ2v) is 5.25. The van der Waals surface area contributed by atoms with Gasteiger partial charge in [-0.2, -0.15) is 26.3 Å². The number of nitrogens with zero attached hydrogens (tertiary/aromatic N) is 1. The number of rotatable bonds is 3. The Kier molecular flexibility index (Phi) is 5.20. The number of benzene rings is 1. The summed E-state index contributed by atoms with van der Waals surface area (Å²) >= 11 is 0. The Bertz CT molecular complexity index is 533. The summed E-state index contributed by atoms with van der Waals surface area (Å²) in [7, 11) is 0. The molecular formula is C14H15F7N2. The minimum absolute atomic E-state index is 0.0557. The lowest BCUT2D eigenvalue weighted by Crippen LogP contribution is -2.46. The van der Waals surface area contributed by atoms with Gasteiger partial charge in [-0.3, -0.25) is 4.90 Å². The number of alkyl halides is 7. The zero-order valence-electron chi connectivity index (χ0n) is 11.9. The van der Waals surface area contributed by atoms with Crippen LogP contribution >= 0.6 is 0 Å². The van der Waals surface area contributed by atoms with E-state index in [2.05, 4.69) is 5.32 Å². The molecule has 0 amide bonds. The van der Waals surface area contributed by atoms with Crippen molar-refractivity contribution in [3.63, 3.8) is 0 Å². The van der Waals surface area contributed by atoms with Crippen molar-refractivity contribution in [3.05, 3.63) is 34.9 Å². The van der Waals surface area contributed by atoms with E-state index in [4.69, 9.17) is 0 Å². The Morgan fingerprint density at radius 1 is 1.00 bits per heavy atom. The lowest BCUT2D eigenvalue weighted by Gasteiger charge is -2.35. The summed E-state index contributed by atoms with van der Waals surface area (Å²) in [5.41, 5.74) is -3.30. The van der Waals surface area contributed by atoms with Gasteiger partial charge in [-0.1, -0.05) is 6.07 Å². The average Bonchev–Trinajstić information content (AvgIpc) is 2.47. The molecule has 1 aliphatic rings. The molecule has 1 atom stereocenters. The Hall–Kier alpha value is -1.35. The van der Waals surface area contributed by atoms with Crippen LogP contribution < -0.4 is 5.32 Å². The van der Waals surface area contributed by atoms with Crippen LogP contribution in [0, 0.1) is 0 Å². The molecule has 1 aromatic carbocycles. The van der Waals surface area contributed by atoms with Crippen LogP contribution in [0.2, 0.25) is 0 Å². The van der Waals surface area contributed by atoms with Gasteiger partial charge in [0.2, 0.25) is 0 Å². The molecule has 2 nitrogen and oxygen atoms in total. The molecule has 1 aromatic rings. The molecule has 1 saturated heterocycles. The lowest BCUT2D eigenvalue weighted by atomic mass is 9.96. The van der Waals surface area contributed by atoms with Gasteiger partial charge in [0.1, 0.15) is 6.67 Å². The second-order valence-electron chi connectivity index (χ2n) is 5.25. The standard InChI is InChI=1S/C14H15F7N2/c15-8-12(23-5-3-22-4-6-23)10-2-1-9(13(16,17)18)7-11(10)14(19,20)21/h1-2,7,12,22H,3-6,8H2/t12-/m1/s1. The molecule has 0 unspecified atom stereocenters. The van der Waals surface area contributed by atoms with E-state index in [-0.39, 0.29) is 6.07 Å². The molecule has 9 heteroatoms. The minimum Gasteiger partial charge on any atom is -0.314 e. The van der Waals surface area contributed by atoms with Crippen molar-refractivity contribution in [1.29, 1.82) is 0 Å². The van der Waals surface area contributed by atoms with E-state index in [0.29, 0.717) is 32.2 Å². The quantitative estimate of drug-likeness (QED) is 0.843. The fourth-order valence-electron chi connectivity index (χ4n) is 2.64. The normalized spacial score (nSPS) is 18.9. The Morgan fingerprint density at radius 2 is 1.61 bits per heavy atom. The minimum atomic E-state index is -4.99. The van der Waals surface area contributed by atoms with E-state index in [9.17, 15) is 30.7 Å². The van der Waals surface area contributed by atoms with Gasteiger partial charge in [-0.25, -0.2) is 4.39 Å². The molecule has 1 fully saturated rings. The first-order chi connectivity index (χ1) is 10.6. The van der Waals surface area contributed by atoms with Crippen LogP contribution in [-0.2, 0) is 12.4 Å². The average molecular weight is 344 g/mol. The van der Waals surface area contributed by atoms with E-state index in [1.165, 1.54) is 4.90 Å². The third kappa shape index (κ3) is 4.14. The van der Waals surface area contributed by atoms with E-state index in [1.54, 1.807) is 0 Å². The fourth-order valence-corrected chi connectivity index (χ4v) is 2.64. The smallest absolute Gasteiger partial charge is 0.314 e. The largest absolute Gasteiger partial charge is 0.416 e. The predicted octanol–water partition coefficient (Wildman–Crippen LogP) is 3.64. The molecule has 1 N–H and O–H groups in total. The second kappa shape index (κ2) is 6.64. The maximum atomic E-state index is 13.4. The molecule has 23 heavy (non-hydrogen) atoms. The third-order valence-electron chi connectivity index (χ3n) is 3.78. The number of nitrogens with one attached hydrogen (secondary N) is 1. The van der Waals surface area contributed by atoms with Crippen LogP contribution in [0.25, 0.3) is 0 Å². The monoisotopic (exact) mass is 344 g/mol. The van der Waals surface area contributed by atoms with Crippen LogP contribution in [0.3, 0.4) is 0 Å². The highest BCUT2D eigenvalue weighted by Gasteiger charge is 2.40. The summed E-state index contributed by atoms with van der Waals surface area (Å²) in [6, 6.07) is 0.143. The lowest BCUT2D eigenvalue weighted by molar-refractivity contribution is -0.143. The van der Waals surface area contributed by atoms with Crippen molar-refractivity contribution in [2.24, 2.45) is 0 Å². The molecule has 0 aromatic heterocycles. The third-order valence-corrected chi connectivity index (χ3v) is 3.78. The molecule has 0 aliphatic carbocycles. The first-order valence-corrected chi connectivity index (χ1v) is 6.93. The molecule has 0 saturated carbocycles.